The van der Waals surface area contributed by atoms with Crippen molar-refractivity contribution in [3.8, 4) is 28.7 Å². The third-order valence-corrected chi connectivity index (χ3v) is 5.18. The molecule has 0 aromatic heterocycles. The molecule has 0 saturated heterocycles. The van der Waals surface area contributed by atoms with Crippen molar-refractivity contribution in [2.75, 3.05) is 27.9 Å². The van der Waals surface area contributed by atoms with Crippen LogP contribution >= 0.6 is 0 Å². The van der Waals surface area contributed by atoms with E-state index in [2.05, 4.69) is 0 Å². The molecular weight excluding hydrogens is 408 g/mol. The minimum atomic E-state index is -0.117. The molecule has 3 aromatic carbocycles. The zero-order chi connectivity index (χ0) is 22.5. The number of ether oxygens (including phenoxy) is 5. The lowest BCUT2D eigenvalue weighted by Crippen LogP contribution is -2.20. The van der Waals surface area contributed by atoms with Gasteiger partial charge in [0.15, 0.2) is 28.8 Å². The van der Waals surface area contributed by atoms with Crippen molar-refractivity contribution in [3.63, 3.8) is 0 Å². The number of benzene rings is 3. The average molecular weight is 432 g/mol. The molecule has 0 aliphatic carbocycles. The standard InChI is InChI=1S/C26H24O6/c1-28-21-11-9-18(14-23(21)30-3)13-19-16-32-25-20(24(19)27)10-12-22(29-2)26(25)31-15-17-7-5-4-6-8-17/h4-14H,15-16H2,1-3H3/b19-13-. The van der Waals surface area contributed by atoms with Crippen molar-refractivity contribution < 1.29 is 28.5 Å². The van der Waals surface area contributed by atoms with Crippen molar-refractivity contribution in [2.45, 2.75) is 6.61 Å². The highest BCUT2D eigenvalue weighted by atomic mass is 16.5. The first-order valence-electron chi connectivity index (χ1n) is 10.1. The number of carbonyl (C=O) groups is 1. The number of methoxy groups -OCH3 is 3. The quantitative estimate of drug-likeness (QED) is 0.492. The van der Waals surface area contributed by atoms with Crippen LogP contribution in [-0.2, 0) is 6.61 Å². The first-order valence-corrected chi connectivity index (χ1v) is 10.1. The van der Waals surface area contributed by atoms with Crippen molar-refractivity contribution >= 4 is 11.9 Å². The van der Waals surface area contributed by atoms with E-state index >= 15 is 0 Å². The molecule has 1 heterocycles. The van der Waals surface area contributed by atoms with Gasteiger partial charge in [0, 0.05) is 5.57 Å². The Morgan fingerprint density at radius 3 is 2.31 bits per heavy atom. The molecule has 4 rings (SSSR count). The number of ketones is 1. The fourth-order valence-electron chi connectivity index (χ4n) is 3.53. The monoisotopic (exact) mass is 432 g/mol. The predicted octanol–water partition coefficient (Wildman–Crippen LogP) is 4.95. The van der Waals surface area contributed by atoms with Gasteiger partial charge in [0.1, 0.15) is 13.2 Å². The number of rotatable bonds is 7. The molecule has 0 bridgehead atoms. The summed E-state index contributed by atoms with van der Waals surface area (Å²) in [6.07, 6.45) is 1.79. The zero-order valence-electron chi connectivity index (χ0n) is 18.2. The fourth-order valence-corrected chi connectivity index (χ4v) is 3.53. The maximum absolute atomic E-state index is 13.2. The van der Waals surface area contributed by atoms with Crippen LogP contribution in [0.15, 0.2) is 66.2 Å². The van der Waals surface area contributed by atoms with E-state index in [0.717, 1.165) is 11.1 Å². The van der Waals surface area contributed by atoms with Gasteiger partial charge < -0.3 is 23.7 Å². The summed E-state index contributed by atoms with van der Waals surface area (Å²) in [6, 6.07) is 18.7. The van der Waals surface area contributed by atoms with Gasteiger partial charge in [-0.05, 0) is 41.5 Å². The van der Waals surface area contributed by atoms with Crippen molar-refractivity contribution in [3.05, 3.63) is 82.9 Å². The second-order valence-electron chi connectivity index (χ2n) is 7.15. The summed E-state index contributed by atoms with van der Waals surface area (Å²) in [4.78, 5) is 13.2. The maximum atomic E-state index is 13.2. The number of hydrogen-bond acceptors (Lipinski definition) is 6. The molecule has 6 heteroatoms. The summed E-state index contributed by atoms with van der Waals surface area (Å²) in [5.74, 6) is 2.43. The van der Waals surface area contributed by atoms with E-state index < -0.39 is 0 Å². The first-order chi connectivity index (χ1) is 15.6. The SMILES string of the molecule is COc1ccc(/C=C2/COc3c(ccc(OC)c3OCc3ccccc3)C2=O)cc1OC. The Morgan fingerprint density at radius 1 is 0.875 bits per heavy atom. The minimum absolute atomic E-state index is 0.117. The molecule has 6 nitrogen and oxygen atoms in total. The van der Waals surface area contributed by atoms with E-state index in [1.165, 1.54) is 0 Å². The summed E-state index contributed by atoms with van der Waals surface area (Å²) in [5.41, 5.74) is 2.78. The molecule has 3 aromatic rings. The number of hydrogen-bond donors (Lipinski definition) is 0. The van der Waals surface area contributed by atoms with Crippen molar-refractivity contribution in [2.24, 2.45) is 0 Å². The van der Waals surface area contributed by atoms with Gasteiger partial charge in [0.25, 0.3) is 0 Å². The average Bonchev–Trinajstić information content (AvgIpc) is 2.84. The molecule has 0 radical (unpaired) electrons. The molecule has 0 amide bonds. The van der Waals surface area contributed by atoms with Gasteiger partial charge in [-0.3, -0.25) is 4.79 Å². The summed E-state index contributed by atoms with van der Waals surface area (Å²) in [7, 11) is 4.71. The van der Waals surface area contributed by atoms with E-state index in [9.17, 15) is 4.79 Å². The first kappa shape index (κ1) is 21.3. The van der Waals surface area contributed by atoms with Crippen molar-refractivity contribution in [1.29, 1.82) is 0 Å². The summed E-state index contributed by atoms with van der Waals surface area (Å²) >= 11 is 0. The normalized spacial score (nSPS) is 13.8. The highest BCUT2D eigenvalue weighted by Crippen LogP contribution is 2.43. The molecule has 1 aliphatic heterocycles. The Kier molecular flexibility index (Phi) is 6.31. The Morgan fingerprint density at radius 2 is 1.59 bits per heavy atom. The lowest BCUT2D eigenvalue weighted by atomic mass is 9.97. The fraction of sp³-hybridized carbons (Fsp3) is 0.192. The Labute approximate surface area is 186 Å². The molecule has 0 N–H and O–H groups in total. The van der Waals surface area contributed by atoms with E-state index in [-0.39, 0.29) is 12.4 Å². The van der Waals surface area contributed by atoms with Crippen LogP contribution in [0.1, 0.15) is 21.5 Å². The van der Waals surface area contributed by atoms with Crippen LogP contribution in [0, 0.1) is 0 Å². The Hall–Kier alpha value is -3.93. The molecule has 0 fully saturated rings. The third kappa shape index (κ3) is 4.25. The lowest BCUT2D eigenvalue weighted by Gasteiger charge is -2.23. The van der Waals surface area contributed by atoms with Gasteiger partial charge >= 0.3 is 0 Å². The van der Waals surface area contributed by atoms with E-state index in [0.29, 0.717) is 46.5 Å². The summed E-state index contributed by atoms with van der Waals surface area (Å²) < 4.78 is 28.1. The Balaban J connectivity index is 1.64. The van der Waals surface area contributed by atoms with E-state index in [4.69, 9.17) is 23.7 Å². The van der Waals surface area contributed by atoms with Gasteiger partial charge in [-0.2, -0.15) is 0 Å². The number of fused-ring (bicyclic) bond motifs is 1. The maximum Gasteiger partial charge on any atom is 0.204 e. The molecule has 0 spiro atoms. The number of carbonyl (C=O) groups excluding carboxylic acids is 1. The molecule has 1 aliphatic rings. The molecule has 164 valence electrons. The van der Waals surface area contributed by atoms with Gasteiger partial charge in [-0.25, -0.2) is 0 Å². The minimum Gasteiger partial charge on any atom is -0.493 e. The summed E-state index contributed by atoms with van der Waals surface area (Å²) in [6.45, 7) is 0.453. The van der Waals surface area contributed by atoms with Crippen molar-refractivity contribution in [1.82, 2.24) is 0 Å². The number of Topliss-reactive ketones (excluding diaryl/α,β-unsaturated/α-hetero) is 1. The highest BCUT2D eigenvalue weighted by Gasteiger charge is 2.29. The van der Waals surface area contributed by atoms with Gasteiger partial charge in [0.2, 0.25) is 5.75 Å². The van der Waals surface area contributed by atoms with E-state index in [1.54, 1.807) is 45.6 Å². The summed E-state index contributed by atoms with van der Waals surface area (Å²) in [5, 5.41) is 0. The van der Waals surface area contributed by atoms with Gasteiger partial charge in [-0.1, -0.05) is 36.4 Å². The van der Waals surface area contributed by atoms with Crippen LogP contribution in [0.3, 0.4) is 0 Å². The van der Waals surface area contributed by atoms with E-state index in [1.807, 2.05) is 42.5 Å². The second-order valence-corrected chi connectivity index (χ2v) is 7.15. The smallest absolute Gasteiger partial charge is 0.204 e. The molecule has 32 heavy (non-hydrogen) atoms. The molecule has 0 unspecified atom stereocenters. The van der Waals surface area contributed by atoms with Crippen LogP contribution in [0.2, 0.25) is 0 Å². The van der Waals surface area contributed by atoms with Crippen LogP contribution in [-0.4, -0.2) is 33.7 Å². The Bertz CT molecular complexity index is 1150. The highest BCUT2D eigenvalue weighted by molar-refractivity contribution is 6.14. The predicted molar refractivity (Wildman–Crippen MR) is 121 cm³/mol. The third-order valence-electron chi connectivity index (χ3n) is 5.18. The van der Waals surface area contributed by atoms with Gasteiger partial charge in [0.05, 0.1) is 26.9 Å². The van der Waals surface area contributed by atoms with Crippen LogP contribution < -0.4 is 23.7 Å². The zero-order valence-corrected chi connectivity index (χ0v) is 18.2. The molecule has 0 atom stereocenters. The lowest BCUT2D eigenvalue weighted by molar-refractivity contribution is 0.0997. The van der Waals surface area contributed by atoms with Gasteiger partial charge in [-0.15, -0.1) is 0 Å². The molecular formula is C26H24O6. The van der Waals surface area contributed by atoms with Crippen LogP contribution in [0.25, 0.3) is 6.08 Å². The second kappa shape index (κ2) is 9.47. The topological polar surface area (TPSA) is 63.2 Å². The largest absolute Gasteiger partial charge is 0.493 e. The van der Waals surface area contributed by atoms with Crippen LogP contribution in [0.4, 0.5) is 0 Å². The van der Waals surface area contributed by atoms with Crippen LogP contribution in [0.5, 0.6) is 28.7 Å². The molecule has 0 saturated carbocycles.